The smallest absolute Gasteiger partial charge is 0.358 e. The summed E-state index contributed by atoms with van der Waals surface area (Å²) in [6.45, 7) is 4.16. The van der Waals surface area contributed by atoms with E-state index in [-0.39, 0.29) is 11.9 Å². The monoisotopic (exact) mass is 382 g/mol. The molecule has 4 rings (SSSR count). The molecule has 2 aliphatic heterocycles. The van der Waals surface area contributed by atoms with Gasteiger partial charge in [0.15, 0.2) is 5.69 Å². The number of carbonyl (C=O) groups is 2. The van der Waals surface area contributed by atoms with Crippen molar-refractivity contribution in [3.05, 3.63) is 53.3 Å². The van der Waals surface area contributed by atoms with Crippen molar-refractivity contribution in [1.29, 1.82) is 0 Å². The molecule has 1 aromatic carbocycles. The quantitative estimate of drug-likeness (QED) is 0.761. The van der Waals surface area contributed by atoms with Crippen molar-refractivity contribution in [3.63, 3.8) is 0 Å². The van der Waals surface area contributed by atoms with E-state index in [1.807, 2.05) is 46.0 Å². The number of carbonyl (C=O) groups excluding carboxylic acids is 2. The van der Waals surface area contributed by atoms with Crippen LogP contribution < -0.4 is 0 Å². The molecule has 1 amide bonds. The second-order valence-corrected chi connectivity index (χ2v) is 7.45. The van der Waals surface area contributed by atoms with Crippen LogP contribution in [0.4, 0.5) is 0 Å². The Hall–Kier alpha value is -2.67. The summed E-state index contributed by atoms with van der Waals surface area (Å²) >= 11 is 0. The van der Waals surface area contributed by atoms with Crippen LogP contribution in [0, 0.1) is 0 Å². The van der Waals surface area contributed by atoms with Gasteiger partial charge in [0.2, 0.25) is 0 Å². The fourth-order valence-electron chi connectivity index (χ4n) is 4.20. The second kappa shape index (κ2) is 8.14. The van der Waals surface area contributed by atoms with E-state index in [1.165, 1.54) is 7.11 Å². The number of benzene rings is 1. The largest absolute Gasteiger partial charge is 0.464 e. The van der Waals surface area contributed by atoms with Crippen molar-refractivity contribution in [3.8, 4) is 0 Å². The van der Waals surface area contributed by atoms with Gasteiger partial charge in [-0.1, -0.05) is 18.2 Å². The maximum atomic E-state index is 12.7. The van der Waals surface area contributed by atoms with Crippen LogP contribution in [0.2, 0.25) is 0 Å². The zero-order valence-electron chi connectivity index (χ0n) is 16.2. The van der Waals surface area contributed by atoms with E-state index in [1.54, 1.807) is 0 Å². The van der Waals surface area contributed by atoms with Crippen molar-refractivity contribution in [2.75, 3.05) is 26.7 Å². The molecule has 7 heteroatoms. The van der Waals surface area contributed by atoms with Gasteiger partial charge in [-0.05, 0) is 37.5 Å². The highest BCUT2D eigenvalue weighted by molar-refractivity contribution is 5.94. The number of aryl methyl sites for hydroxylation is 1. The minimum atomic E-state index is -0.389. The lowest BCUT2D eigenvalue weighted by Gasteiger charge is -2.38. The van der Waals surface area contributed by atoms with Crippen LogP contribution >= 0.6 is 0 Å². The van der Waals surface area contributed by atoms with E-state index < -0.39 is 0 Å². The Kier molecular flexibility index (Phi) is 5.43. The molecule has 0 radical (unpaired) electrons. The first kappa shape index (κ1) is 18.7. The molecule has 1 fully saturated rings. The number of rotatable bonds is 3. The SMILES string of the molecule is COC(=O)c1cc2n(n1)CCCN(C1CCN(C(=O)c3ccccc3)CC1)C2. The third-order valence-electron chi connectivity index (χ3n) is 5.73. The molecular weight excluding hydrogens is 356 g/mol. The number of amides is 1. The summed E-state index contributed by atoms with van der Waals surface area (Å²) in [6, 6.07) is 11.8. The highest BCUT2D eigenvalue weighted by atomic mass is 16.5. The van der Waals surface area contributed by atoms with E-state index in [0.717, 1.165) is 63.2 Å². The summed E-state index contributed by atoms with van der Waals surface area (Å²) in [5, 5.41) is 4.39. The average molecular weight is 382 g/mol. The molecule has 2 aliphatic rings. The summed E-state index contributed by atoms with van der Waals surface area (Å²) in [6.07, 6.45) is 2.94. The zero-order valence-corrected chi connectivity index (χ0v) is 16.2. The Morgan fingerprint density at radius 3 is 2.54 bits per heavy atom. The average Bonchev–Trinajstić information content (AvgIpc) is 3.05. The fraction of sp³-hybridized carbons (Fsp3) is 0.476. The van der Waals surface area contributed by atoms with E-state index in [2.05, 4.69) is 10.00 Å². The molecule has 0 unspecified atom stereocenters. The van der Waals surface area contributed by atoms with Crippen LogP contribution in [0.15, 0.2) is 36.4 Å². The van der Waals surface area contributed by atoms with Crippen LogP contribution in [-0.2, 0) is 17.8 Å². The van der Waals surface area contributed by atoms with E-state index in [9.17, 15) is 9.59 Å². The molecule has 0 bridgehead atoms. The lowest BCUT2D eigenvalue weighted by molar-refractivity contribution is 0.0592. The zero-order chi connectivity index (χ0) is 19.5. The molecule has 0 saturated carbocycles. The highest BCUT2D eigenvalue weighted by Gasteiger charge is 2.29. The Morgan fingerprint density at radius 1 is 1.07 bits per heavy atom. The highest BCUT2D eigenvalue weighted by Crippen LogP contribution is 2.23. The first-order valence-electron chi connectivity index (χ1n) is 9.89. The number of fused-ring (bicyclic) bond motifs is 1. The Bertz CT molecular complexity index is 841. The van der Waals surface area contributed by atoms with Crippen LogP contribution in [0.5, 0.6) is 0 Å². The lowest BCUT2D eigenvalue weighted by atomic mass is 10.0. The van der Waals surface area contributed by atoms with Gasteiger partial charge in [0, 0.05) is 44.3 Å². The van der Waals surface area contributed by atoms with Gasteiger partial charge in [-0.3, -0.25) is 14.4 Å². The first-order valence-corrected chi connectivity index (χ1v) is 9.89. The molecule has 1 aromatic heterocycles. The molecule has 1 saturated heterocycles. The number of likely N-dealkylation sites (tertiary alicyclic amines) is 1. The third kappa shape index (κ3) is 3.80. The molecule has 0 atom stereocenters. The third-order valence-corrected chi connectivity index (χ3v) is 5.73. The van der Waals surface area contributed by atoms with Crippen molar-refractivity contribution in [2.45, 2.75) is 38.4 Å². The lowest BCUT2D eigenvalue weighted by Crippen LogP contribution is -2.46. The number of esters is 1. The normalized spacial score (nSPS) is 18.4. The van der Waals surface area contributed by atoms with Crippen molar-refractivity contribution in [1.82, 2.24) is 19.6 Å². The minimum Gasteiger partial charge on any atom is -0.464 e. The standard InChI is InChI=1S/C21H26N4O3/c1-28-21(27)19-14-18-15-24(10-5-11-25(18)22-19)17-8-12-23(13-9-17)20(26)16-6-3-2-4-7-16/h2-4,6-7,14,17H,5,8-13,15H2,1H3. The number of nitrogens with zero attached hydrogens (tertiary/aromatic N) is 4. The molecule has 148 valence electrons. The number of ether oxygens (including phenoxy) is 1. The predicted octanol–water partition coefficient (Wildman–Crippen LogP) is 2.18. The van der Waals surface area contributed by atoms with Gasteiger partial charge in [-0.25, -0.2) is 4.79 Å². The molecule has 0 N–H and O–H groups in total. The molecular formula is C21H26N4O3. The van der Waals surface area contributed by atoms with Crippen LogP contribution in [0.3, 0.4) is 0 Å². The summed E-state index contributed by atoms with van der Waals surface area (Å²) in [4.78, 5) is 28.9. The maximum Gasteiger partial charge on any atom is 0.358 e. The van der Waals surface area contributed by atoms with Gasteiger partial charge in [0.1, 0.15) is 0 Å². The molecule has 7 nitrogen and oxygen atoms in total. The van der Waals surface area contributed by atoms with Gasteiger partial charge in [-0.2, -0.15) is 5.10 Å². The van der Waals surface area contributed by atoms with Crippen LogP contribution in [-0.4, -0.2) is 64.2 Å². The first-order chi connectivity index (χ1) is 13.7. The van der Waals surface area contributed by atoms with Crippen molar-refractivity contribution in [2.24, 2.45) is 0 Å². The molecule has 3 heterocycles. The Labute approximate surface area is 164 Å². The maximum absolute atomic E-state index is 12.7. The number of hydrogen-bond acceptors (Lipinski definition) is 5. The molecule has 0 spiro atoms. The molecule has 28 heavy (non-hydrogen) atoms. The number of methoxy groups -OCH3 is 1. The fourth-order valence-corrected chi connectivity index (χ4v) is 4.20. The predicted molar refractivity (Wildman–Crippen MR) is 104 cm³/mol. The number of hydrogen-bond donors (Lipinski definition) is 0. The summed E-state index contributed by atoms with van der Waals surface area (Å²) in [5.74, 6) is -0.268. The number of piperidine rings is 1. The Morgan fingerprint density at radius 2 is 1.82 bits per heavy atom. The van der Waals surface area contributed by atoms with Gasteiger partial charge in [-0.15, -0.1) is 0 Å². The van der Waals surface area contributed by atoms with E-state index in [4.69, 9.17) is 4.74 Å². The van der Waals surface area contributed by atoms with Crippen LogP contribution in [0.25, 0.3) is 0 Å². The van der Waals surface area contributed by atoms with Gasteiger partial charge in [0.25, 0.3) is 5.91 Å². The minimum absolute atomic E-state index is 0.121. The van der Waals surface area contributed by atoms with Crippen molar-refractivity contribution >= 4 is 11.9 Å². The molecule has 0 aliphatic carbocycles. The molecule has 2 aromatic rings. The van der Waals surface area contributed by atoms with Crippen molar-refractivity contribution < 1.29 is 14.3 Å². The second-order valence-electron chi connectivity index (χ2n) is 7.45. The summed E-state index contributed by atoms with van der Waals surface area (Å²) < 4.78 is 6.72. The topological polar surface area (TPSA) is 67.7 Å². The summed E-state index contributed by atoms with van der Waals surface area (Å²) in [7, 11) is 1.38. The van der Waals surface area contributed by atoms with E-state index >= 15 is 0 Å². The van der Waals surface area contributed by atoms with Crippen LogP contribution in [0.1, 0.15) is 45.8 Å². The van der Waals surface area contributed by atoms with Gasteiger partial charge < -0.3 is 9.64 Å². The summed E-state index contributed by atoms with van der Waals surface area (Å²) in [5.41, 5.74) is 2.19. The Balaban J connectivity index is 1.39. The van der Waals surface area contributed by atoms with E-state index in [0.29, 0.717) is 11.7 Å². The van der Waals surface area contributed by atoms with Gasteiger partial charge in [0.05, 0.1) is 12.8 Å². The number of aromatic nitrogens is 2. The van der Waals surface area contributed by atoms with Gasteiger partial charge >= 0.3 is 5.97 Å².